The van der Waals surface area contributed by atoms with Crippen LogP contribution < -0.4 is 4.72 Å². The van der Waals surface area contributed by atoms with Gasteiger partial charge in [-0.1, -0.05) is 15.9 Å². The van der Waals surface area contributed by atoms with Crippen molar-refractivity contribution in [2.45, 2.75) is 25.3 Å². The highest BCUT2D eigenvalue weighted by atomic mass is 79.9. The van der Waals surface area contributed by atoms with Crippen LogP contribution in [0.5, 0.6) is 0 Å². The molecule has 0 saturated heterocycles. The second-order valence-electron chi connectivity index (χ2n) is 4.30. The summed E-state index contributed by atoms with van der Waals surface area (Å²) < 4.78 is 41.3. The Hall–Kier alpha value is -1.03. The maximum atomic E-state index is 14.1. The van der Waals surface area contributed by atoms with E-state index >= 15 is 0 Å². The largest absolute Gasteiger partial charge is 0.392 e. The van der Waals surface area contributed by atoms with Crippen LogP contribution >= 0.6 is 27.3 Å². The van der Waals surface area contributed by atoms with Crippen LogP contribution in [0.15, 0.2) is 21.5 Å². The molecule has 0 aliphatic carbocycles. The van der Waals surface area contributed by atoms with Crippen molar-refractivity contribution in [2.24, 2.45) is 0 Å². The second-order valence-corrected chi connectivity index (χ2v) is 8.07. The fourth-order valence-corrected chi connectivity index (χ4v) is 4.47. The Morgan fingerprint density at radius 1 is 1.43 bits per heavy atom. The monoisotopic (exact) mass is 394 g/mol. The molecule has 0 unspecified atom stereocenters. The number of benzene rings is 1. The van der Waals surface area contributed by atoms with E-state index in [1.54, 1.807) is 6.92 Å². The maximum absolute atomic E-state index is 14.1. The van der Waals surface area contributed by atoms with Crippen molar-refractivity contribution in [3.63, 3.8) is 0 Å². The summed E-state index contributed by atoms with van der Waals surface area (Å²) in [4.78, 5) is 4.40. The third kappa shape index (κ3) is 3.42. The molecule has 9 heteroatoms. The summed E-state index contributed by atoms with van der Waals surface area (Å²) in [6.07, 6.45) is 0. The van der Waals surface area contributed by atoms with Gasteiger partial charge in [-0.25, -0.2) is 17.8 Å². The topological polar surface area (TPSA) is 79.3 Å². The molecule has 1 aromatic carbocycles. The van der Waals surface area contributed by atoms with Gasteiger partial charge in [0.2, 0.25) is 0 Å². The highest BCUT2D eigenvalue weighted by Gasteiger charge is 2.23. The van der Waals surface area contributed by atoms with Crippen molar-refractivity contribution in [3.8, 4) is 0 Å². The fourth-order valence-electron chi connectivity index (χ4n) is 1.62. The molecule has 0 fully saturated rings. The summed E-state index contributed by atoms with van der Waals surface area (Å²) in [6.45, 7) is 2.98. The molecule has 1 heterocycles. The van der Waals surface area contributed by atoms with Gasteiger partial charge in [-0.2, -0.15) is 0 Å². The molecular weight excluding hydrogens is 383 g/mol. The average molecular weight is 395 g/mol. The normalized spacial score (nSPS) is 11.7. The van der Waals surface area contributed by atoms with Crippen molar-refractivity contribution in [1.82, 2.24) is 4.98 Å². The Morgan fingerprint density at radius 3 is 2.62 bits per heavy atom. The van der Waals surface area contributed by atoms with E-state index in [0.29, 0.717) is 10.2 Å². The molecule has 0 spiro atoms. The van der Waals surface area contributed by atoms with E-state index in [4.69, 9.17) is 5.11 Å². The summed E-state index contributed by atoms with van der Waals surface area (Å²) in [6, 6.07) is 2.47. The number of nitrogens with one attached hydrogen (secondary N) is 1. The van der Waals surface area contributed by atoms with Crippen molar-refractivity contribution < 1.29 is 17.9 Å². The molecule has 2 aromatic rings. The van der Waals surface area contributed by atoms with E-state index in [-0.39, 0.29) is 10.7 Å². The second kappa shape index (κ2) is 5.99. The van der Waals surface area contributed by atoms with Gasteiger partial charge in [-0.3, -0.25) is 4.72 Å². The van der Waals surface area contributed by atoms with Crippen LogP contribution in [-0.4, -0.2) is 18.5 Å². The molecular formula is C12H12BrFN2O3S2. The van der Waals surface area contributed by atoms with Crippen molar-refractivity contribution in [2.75, 3.05) is 4.72 Å². The zero-order valence-electron chi connectivity index (χ0n) is 11.1. The number of halogens is 2. The first kappa shape index (κ1) is 16.3. The molecule has 1 aromatic heterocycles. The first-order chi connectivity index (χ1) is 9.74. The third-order valence-corrected chi connectivity index (χ3v) is 5.70. The summed E-state index contributed by atoms with van der Waals surface area (Å²) in [7, 11) is -4.12. The lowest BCUT2D eigenvalue weighted by molar-refractivity contribution is 0.274. The van der Waals surface area contributed by atoms with Gasteiger partial charge >= 0.3 is 0 Å². The lowest BCUT2D eigenvalue weighted by Gasteiger charge is -2.09. The van der Waals surface area contributed by atoms with Gasteiger partial charge < -0.3 is 5.11 Å². The van der Waals surface area contributed by atoms with Crippen molar-refractivity contribution in [3.05, 3.63) is 38.6 Å². The molecule has 0 radical (unpaired) electrons. The van der Waals surface area contributed by atoms with Gasteiger partial charge in [0.15, 0.2) is 5.13 Å². The van der Waals surface area contributed by atoms with E-state index in [9.17, 15) is 12.8 Å². The molecule has 0 aliphatic heterocycles. The molecule has 2 N–H and O–H groups in total. The van der Waals surface area contributed by atoms with Crippen LogP contribution in [0.2, 0.25) is 0 Å². The average Bonchev–Trinajstić information content (AvgIpc) is 2.69. The lowest BCUT2D eigenvalue weighted by Crippen LogP contribution is -2.15. The molecule has 5 nitrogen and oxygen atoms in total. The highest BCUT2D eigenvalue weighted by molar-refractivity contribution is 9.10. The predicted molar refractivity (Wildman–Crippen MR) is 82.4 cm³/mol. The number of aliphatic hydroxyl groups is 1. The van der Waals surface area contributed by atoms with Crippen LogP contribution in [0.3, 0.4) is 0 Å². The number of rotatable bonds is 4. The Morgan fingerprint density at radius 2 is 2.10 bits per heavy atom. The number of aliphatic hydroxyl groups excluding tert-OH is 1. The first-order valence-electron chi connectivity index (χ1n) is 5.80. The SMILES string of the molecule is Cc1nc(NS(=O)(=O)c2cc(Br)cc(CO)c2F)sc1C. The van der Waals surface area contributed by atoms with Gasteiger partial charge in [-0.15, -0.1) is 11.3 Å². The number of hydrogen-bond acceptors (Lipinski definition) is 5. The van der Waals surface area contributed by atoms with Gasteiger partial charge in [0.1, 0.15) is 10.7 Å². The number of sulfonamides is 1. The van der Waals surface area contributed by atoms with Crippen LogP contribution in [0.1, 0.15) is 16.1 Å². The molecule has 114 valence electrons. The quantitative estimate of drug-likeness (QED) is 0.835. The molecule has 2 rings (SSSR count). The smallest absolute Gasteiger partial charge is 0.266 e. The molecule has 0 amide bonds. The summed E-state index contributed by atoms with van der Waals surface area (Å²) in [5.74, 6) is -0.974. The van der Waals surface area contributed by atoms with E-state index < -0.39 is 27.3 Å². The van der Waals surface area contributed by atoms with Crippen LogP contribution in [0, 0.1) is 19.7 Å². The first-order valence-corrected chi connectivity index (χ1v) is 8.89. The zero-order chi connectivity index (χ0) is 15.8. The summed E-state index contributed by atoms with van der Waals surface area (Å²) in [5.41, 5.74) is 0.611. The summed E-state index contributed by atoms with van der Waals surface area (Å²) in [5, 5.41) is 9.25. The fraction of sp³-hybridized carbons (Fsp3) is 0.250. The zero-order valence-corrected chi connectivity index (χ0v) is 14.4. The van der Waals surface area contributed by atoms with Crippen LogP contribution in [-0.2, 0) is 16.6 Å². The van der Waals surface area contributed by atoms with Crippen LogP contribution in [0.4, 0.5) is 9.52 Å². The number of anilines is 1. The highest BCUT2D eigenvalue weighted by Crippen LogP contribution is 2.28. The Bertz CT molecular complexity index is 771. The Labute approximate surface area is 134 Å². The molecule has 0 atom stereocenters. The van der Waals surface area contributed by atoms with E-state index in [0.717, 1.165) is 10.9 Å². The minimum Gasteiger partial charge on any atom is -0.392 e. The van der Waals surface area contributed by atoms with Gasteiger partial charge in [0, 0.05) is 14.9 Å². The van der Waals surface area contributed by atoms with Crippen molar-refractivity contribution >= 4 is 42.4 Å². The van der Waals surface area contributed by atoms with Gasteiger partial charge in [0.25, 0.3) is 10.0 Å². The molecule has 0 aliphatic rings. The third-order valence-electron chi connectivity index (χ3n) is 2.79. The number of thiazole rings is 1. The van der Waals surface area contributed by atoms with Crippen molar-refractivity contribution in [1.29, 1.82) is 0 Å². The predicted octanol–water partition coefficient (Wildman–Crippen LogP) is 2.95. The van der Waals surface area contributed by atoms with E-state index in [2.05, 4.69) is 25.6 Å². The van der Waals surface area contributed by atoms with Gasteiger partial charge in [-0.05, 0) is 26.0 Å². The minimum atomic E-state index is -4.12. The number of aryl methyl sites for hydroxylation is 2. The lowest BCUT2D eigenvalue weighted by atomic mass is 10.2. The Balaban J connectivity index is 2.47. The number of hydrogen-bond donors (Lipinski definition) is 2. The molecule has 0 saturated carbocycles. The number of aromatic nitrogens is 1. The van der Waals surface area contributed by atoms with E-state index in [1.165, 1.54) is 17.4 Å². The molecule has 21 heavy (non-hydrogen) atoms. The minimum absolute atomic E-state index is 0.101. The Kier molecular flexibility index (Phi) is 4.66. The standard InChI is InChI=1S/C12H12BrFN2O3S2/c1-6-7(2)20-12(15-6)16-21(18,19)10-4-9(13)3-8(5-17)11(10)14/h3-4,17H,5H2,1-2H3,(H,15,16). The molecule has 0 bridgehead atoms. The number of nitrogens with zero attached hydrogens (tertiary/aromatic N) is 1. The van der Waals surface area contributed by atoms with Gasteiger partial charge in [0.05, 0.1) is 12.3 Å². The van der Waals surface area contributed by atoms with E-state index in [1.807, 2.05) is 6.92 Å². The van der Waals surface area contributed by atoms with Crippen LogP contribution in [0.25, 0.3) is 0 Å². The maximum Gasteiger partial charge on any atom is 0.266 e. The summed E-state index contributed by atoms with van der Waals surface area (Å²) >= 11 is 4.27.